The molecule has 132 valence electrons. The molecule has 0 bridgehead atoms. The van der Waals surface area contributed by atoms with Crippen LogP contribution < -0.4 is 10.1 Å². The van der Waals surface area contributed by atoms with Crippen LogP contribution in [0.4, 0.5) is 20.2 Å². The highest BCUT2D eigenvalue weighted by Gasteiger charge is 2.22. The highest BCUT2D eigenvalue weighted by atomic mass is 19.3. The number of carbonyl (C=O) groups excluding carboxylic acids is 1. The number of alkyl halides is 2. The van der Waals surface area contributed by atoms with Crippen molar-refractivity contribution in [2.45, 2.75) is 6.61 Å². The highest BCUT2D eigenvalue weighted by molar-refractivity contribution is 6.10. The molecule has 1 heterocycles. The van der Waals surface area contributed by atoms with E-state index in [2.05, 4.69) is 15.0 Å². The number of anilines is 1. The number of aromatic nitrogens is 1. The van der Waals surface area contributed by atoms with Gasteiger partial charge < -0.3 is 10.1 Å². The molecule has 0 fully saturated rings. The summed E-state index contributed by atoms with van der Waals surface area (Å²) in [7, 11) is 0. The summed E-state index contributed by atoms with van der Waals surface area (Å²) < 4.78 is 28.9. The second-order valence-corrected chi connectivity index (χ2v) is 5.18. The Morgan fingerprint density at radius 1 is 1.19 bits per heavy atom. The first-order valence-electron chi connectivity index (χ1n) is 7.33. The maximum absolute atomic E-state index is 12.5. The molecule has 1 amide bonds. The summed E-state index contributed by atoms with van der Waals surface area (Å²) in [6, 6.07) is 9.94. The van der Waals surface area contributed by atoms with E-state index < -0.39 is 28.7 Å². The van der Waals surface area contributed by atoms with E-state index in [0.29, 0.717) is 11.1 Å². The number of amides is 1. The predicted molar refractivity (Wildman–Crippen MR) is 89.4 cm³/mol. The zero-order valence-corrected chi connectivity index (χ0v) is 13.1. The lowest BCUT2D eigenvalue weighted by molar-refractivity contribution is -0.385. The van der Waals surface area contributed by atoms with Crippen molar-refractivity contribution in [1.82, 2.24) is 4.98 Å². The van der Waals surface area contributed by atoms with Crippen molar-refractivity contribution in [3.05, 3.63) is 70.5 Å². The summed E-state index contributed by atoms with van der Waals surface area (Å²) in [5.41, 5.74) is -0.596. The van der Waals surface area contributed by atoms with E-state index >= 15 is 0 Å². The lowest BCUT2D eigenvalue weighted by atomic mass is 10.1. The Hall–Kier alpha value is -3.62. The van der Waals surface area contributed by atoms with Gasteiger partial charge in [-0.05, 0) is 6.07 Å². The molecule has 0 aliphatic heterocycles. The normalized spacial score (nSPS) is 10.7. The van der Waals surface area contributed by atoms with Crippen LogP contribution in [-0.4, -0.2) is 22.4 Å². The summed E-state index contributed by atoms with van der Waals surface area (Å²) >= 11 is 0. The topological polar surface area (TPSA) is 94.4 Å². The molecular formula is C17H11F2N3O4. The van der Waals surface area contributed by atoms with Crippen molar-refractivity contribution in [3.8, 4) is 5.75 Å². The average Bonchev–Trinajstić information content (AvgIpc) is 2.61. The highest BCUT2D eigenvalue weighted by Crippen LogP contribution is 2.27. The molecule has 7 nitrogen and oxygen atoms in total. The first-order chi connectivity index (χ1) is 12.5. The fourth-order valence-electron chi connectivity index (χ4n) is 2.44. The standard InChI is InChI=1S/C17H11F2N3O4/c18-17(19)26-11-5-6-15(22(24)25)13(7-11)16(23)21-14-9-20-8-10-3-1-2-4-12(10)14/h1-9,17H,(H,21,23). The van der Waals surface area contributed by atoms with Gasteiger partial charge in [0.25, 0.3) is 11.6 Å². The number of hydrogen-bond donors (Lipinski definition) is 1. The number of hydrogen-bond acceptors (Lipinski definition) is 5. The molecule has 0 atom stereocenters. The third kappa shape index (κ3) is 3.56. The largest absolute Gasteiger partial charge is 0.435 e. The summed E-state index contributed by atoms with van der Waals surface area (Å²) in [6.45, 7) is -3.12. The van der Waals surface area contributed by atoms with Crippen LogP contribution in [0.1, 0.15) is 10.4 Å². The minimum absolute atomic E-state index is 0.336. The quantitative estimate of drug-likeness (QED) is 0.549. The molecule has 26 heavy (non-hydrogen) atoms. The monoisotopic (exact) mass is 359 g/mol. The summed E-state index contributed by atoms with van der Waals surface area (Å²) in [4.78, 5) is 26.9. The third-order valence-corrected chi connectivity index (χ3v) is 3.55. The molecule has 2 aromatic carbocycles. The fourth-order valence-corrected chi connectivity index (χ4v) is 2.44. The molecule has 0 saturated carbocycles. The van der Waals surface area contributed by atoms with E-state index in [1.165, 1.54) is 6.20 Å². The maximum atomic E-state index is 12.5. The number of nitro benzene ring substituents is 1. The van der Waals surface area contributed by atoms with Gasteiger partial charge in [-0.25, -0.2) is 0 Å². The summed E-state index contributed by atoms with van der Waals surface area (Å²) in [5.74, 6) is -1.19. The Labute approximate surface area is 145 Å². The third-order valence-electron chi connectivity index (χ3n) is 3.55. The Morgan fingerprint density at radius 3 is 2.69 bits per heavy atom. The van der Waals surface area contributed by atoms with Gasteiger partial charge in [0.05, 0.1) is 16.8 Å². The number of ether oxygens (including phenoxy) is 1. The minimum Gasteiger partial charge on any atom is -0.435 e. The second-order valence-electron chi connectivity index (χ2n) is 5.18. The van der Waals surface area contributed by atoms with Crippen molar-refractivity contribution < 1.29 is 23.2 Å². The Kier molecular flexibility index (Phi) is 4.70. The number of pyridine rings is 1. The predicted octanol–water partition coefficient (Wildman–Crippen LogP) is 4.00. The maximum Gasteiger partial charge on any atom is 0.387 e. The van der Waals surface area contributed by atoms with Gasteiger partial charge in [-0.2, -0.15) is 8.78 Å². The first-order valence-corrected chi connectivity index (χ1v) is 7.33. The van der Waals surface area contributed by atoms with Crippen LogP contribution in [0, 0.1) is 10.1 Å². The van der Waals surface area contributed by atoms with E-state index in [0.717, 1.165) is 23.6 Å². The number of rotatable bonds is 5. The summed E-state index contributed by atoms with van der Waals surface area (Å²) in [5, 5.41) is 15.1. The molecule has 1 N–H and O–H groups in total. The molecular weight excluding hydrogens is 348 g/mol. The van der Waals surface area contributed by atoms with E-state index in [1.54, 1.807) is 30.5 Å². The van der Waals surface area contributed by atoms with Crippen LogP contribution in [0.15, 0.2) is 54.9 Å². The first kappa shape index (κ1) is 17.2. The zero-order chi connectivity index (χ0) is 18.7. The van der Waals surface area contributed by atoms with Crippen LogP contribution in [0.25, 0.3) is 10.8 Å². The van der Waals surface area contributed by atoms with E-state index in [-0.39, 0.29) is 5.75 Å². The van der Waals surface area contributed by atoms with Gasteiger partial charge >= 0.3 is 6.61 Å². The van der Waals surface area contributed by atoms with Crippen molar-refractivity contribution >= 4 is 28.1 Å². The second kappa shape index (κ2) is 7.09. The number of nitro groups is 1. The number of halogens is 2. The minimum atomic E-state index is -3.12. The summed E-state index contributed by atoms with van der Waals surface area (Å²) in [6.07, 6.45) is 3.00. The molecule has 3 aromatic rings. The molecule has 3 rings (SSSR count). The van der Waals surface area contributed by atoms with Gasteiger partial charge in [-0.15, -0.1) is 0 Å². The lowest BCUT2D eigenvalue weighted by Gasteiger charge is -2.10. The van der Waals surface area contributed by atoms with Gasteiger partial charge in [0, 0.05) is 29.1 Å². The van der Waals surface area contributed by atoms with Gasteiger partial charge in [0.15, 0.2) is 0 Å². The van der Waals surface area contributed by atoms with Gasteiger partial charge in [0.2, 0.25) is 0 Å². The fraction of sp³-hybridized carbons (Fsp3) is 0.0588. The number of benzene rings is 2. The molecule has 1 aromatic heterocycles. The van der Waals surface area contributed by atoms with Crippen LogP contribution in [-0.2, 0) is 0 Å². The Balaban J connectivity index is 1.99. The Bertz CT molecular complexity index is 989. The van der Waals surface area contributed by atoms with Gasteiger partial charge in [0.1, 0.15) is 11.3 Å². The number of carbonyl (C=O) groups is 1. The molecule has 0 saturated heterocycles. The van der Waals surface area contributed by atoms with Crippen LogP contribution in [0.5, 0.6) is 5.75 Å². The average molecular weight is 359 g/mol. The number of nitrogens with one attached hydrogen (secondary N) is 1. The van der Waals surface area contributed by atoms with E-state index in [4.69, 9.17) is 0 Å². The van der Waals surface area contributed by atoms with Crippen molar-refractivity contribution in [1.29, 1.82) is 0 Å². The van der Waals surface area contributed by atoms with Crippen molar-refractivity contribution in [2.24, 2.45) is 0 Å². The van der Waals surface area contributed by atoms with Crippen LogP contribution in [0.2, 0.25) is 0 Å². The molecule has 0 aliphatic carbocycles. The molecule has 0 unspecified atom stereocenters. The Morgan fingerprint density at radius 2 is 1.96 bits per heavy atom. The van der Waals surface area contributed by atoms with Crippen LogP contribution >= 0.6 is 0 Å². The van der Waals surface area contributed by atoms with Gasteiger partial charge in [-0.1, -0.05) is 24.3 Å². The zero-order valence-electron chi connectivity index (χ0n) is 13.1. The molecule has 0 spiro atoms. The van der Waals surface area contributed by atoms with Crippen molar-refractivity contribution in [3.63, 3.8) is 0 Å². The van der Waals surface area contributed by atoms with Crippen molar-refractivity contribution in [2.75, 3.05) is 5.32 Å². The van der Waals surface area contributed by atoms with E-state index in [9.17, 15) is 23.7 Å². The molecule has 0 radical (unpaired) electrons. The SMILES string of the molecule is O=C(Nc1cncc2ccccc12)c1cc(OC(F)F)ccc1[N+](=O)[O-]. The molecule has 0 aliphatic rings. The smallest absolute Gasteiger partial charge is 0.387 e. The lowest BCUT2D eigenvalue weighted by Crippen LogP contribution is -2.15. The van der Waals surface area contributed by atoms with Gasteiger partial charge in [-0.3, -0.25) is 19.9 Å². The van der Waals surface area contributed by atoms with Crippen LogP contribution in [0.3, 0.4) is 0 Å². The van der Waals surface area contributed by atoms with E-state index in [1.807, 2.05) is 0 Å². The number of fused-ring (bicyclic) bond motifs is 1. The number of nitrogens with zero attached hydrogens (tertiary/aromatic N) is 2. The molecule has 9 heteroatoms.